The van der Waals surface area contributed by atoms with Gasteiger partial charge in [0.05, 0.1) is 4.90 Å². The number of hydrogen-bond acceptors (Lipinski definition) is 4. The Morgan fingerprint density at radius 1 is 1.42 bits per heavy atom. The molecule has 8 heteroatoms. The minimum Gasteiger partial charge on any atom is -0.398 e. The Morgan fingerprint density at radius 2 is 2.05 bits per heavy atom. The molecule has 0 amide bonds. The summed E-state index contributed by atoms with van der Waals surface area (Å²) in [6.45, 7) is 1.12. The zero-order valence-corrected chi connectivity index (χ0v) is 11.1. The molecule has 0 radical (unpaired) electrons. The highest BCUT2D eigenvalue weighted by Crippen LogP contribution is 2.18. The number of aliphatic hydroxyl groups excluding tert-OH is 1. The number of aliphatic hydroxyl groups is 1. The lowest BCUT2D eigenvalue weighted by Gasteiger charge is -2.12. The summed E-state index contributed by atoms with van der Waals surface area (Å²) in [5, 5.41) is 8.87. The standard InChI is InChI=1S/C11H16F2N2O3S/c1-2-7-3-4-8(5-9(7)14)19(17,18)15-6-10(16)11(12)13/h3-5,10-11,15-16H,2,6,14H2,1H3. The van der Waals surface area contributed by atoms with Gasteiger partial charge in [-0.1, -0.05) is 13.0 Å². The lowest BCUT2D eigenvalue weighted by molar-refractivity contribution is -0.000451. The van der Waals surface area contributed by atoms with E-state index in [1.807, 2.05) is 11.6 Å². The van der Waals surface area contributed by atoms with E-state index in [2.05, 4.69) is 0 Å². The van der Waals surface area contributed by atoms with E-state index in [1.54, 1.807) is 6.07 Å². The van der Waals surface area contributed by atoms with Crippen LogP contribution in [0.3, 0.4) is 0 Å². The van der Waals surface area contributed by atoms with Crippen LogP contribution in [0.1, 0.15) is 12.5 Å². The molecule has 0 aromatic heterocycles. The van der Waals surface area contributed by atoms with Gasteiger partial charge >= 0.3 is 0 Å². The molecule has 5 nitrogen and oxygen atoms in total. The molecule has 0 aliphatic rings. The molecular weight excluding hydrogens is 278 g/mol. The smallest absolute Gasteiger partial charge is 0.265 e. The van der Waals surface area contributed by atoms with Crippen LogP contribution >= 0.6 is 0 Å². The topological polar surface area (TPSA) is 92.4 Å². The number of nitrogens with two attached hydrogens (primary N) is 1. The number of sulfonamides is 1. The van der Waals surface area contributed by atoms with Gasteiger partial charge in [0.15, 0.2) is 0 Å². The molecule has 1 atom stereocenters. The summed E-state index contributed by atoms with van der Waals surface area (Å²) in [6, 6.07) is 4.16. The second-order valence-electron chi connectivity index (χ2n) is 3.97. The molecule has 4 N–H and O–H groups in total. The first-order valence-corrected chi connectivity index (χ1v) is 7.10. The SMILES string of the molecule is CCc1ccc(S(=O)(=O)NCC(O)C(F)F)cc1N. The average molecular weight is 294 g/mol. The molecule has 0 bridgehead atoms. The first-order valence-electron chi connectivity index (χ1n) is 5.62. The molecule has 0 spiro atoms. The van der Waals surface area contributed by atoms with E-state index >= 15 is 0 Å². The van der Waals surface area contributed by atoms with Crippen LogP contribution in [0.15, 0.2) is 23.1 Å². The Balaban J connectivity index is 2.86. The lowest BCUT2D eigenvalue weighted by atomic mass is 10.1. The summed E-state index contributed by atoms with van der Waals surface area (Å²) in [7, 11) is -3.96. The molecule has 0 fully saturated rings. The minimum absolute atomic E-state index is 0.122. The Bertz CT molecular complexity index is 535. The molecule has 0 aliphatic heterocycles. The maximum absolute atomic E-state index is 12.1. The van der Waals surface area contributed by atoms with Gasteiger partial charge in [-0.15, -0.1) is 0 Å². The van der Waals surface area contributed by atoms with Crippen LogP contribution in [0.4, 0.5) is 14.5 Å². The average Bonchev–Trinajstić information content (AvgIpc) is 2.35. The van der Waals surface area contributed by atoms with E-state index < -0.39 is 29.1 Å². The maximum Gasteiger partial charge on any atom is 0.265 e. The normalized spacial score (nSPS) is 13.7. The van der Waals surface area contributed by atoms with Crippen LogP contribution in [0.2, 0.25) is 0 Å². The number of nitrogen functional groups attached to an aromatic ring is 1. The van der Waals surface area contributed by atoms with Crippen LogP contribution in [0, 0.1) is 0 Å². The Morgan fingerprint density at radius 3 is 2.53 bits per heavy atom. The van der Waals surface area contributed by atoms with Gasteiger partial charge in [-0.3, -0.25) is 0 Å². The molecule has 1 rings (SSSR count). The predicted octanol–water partition coefficient (Wildman–Crippen LogP) is 0.736. The van der Waals surface area contributed by atoms with E-state index in [0.29, 0.717) is 12.1 Å². The fraction of sp³-hybridized carbons (Fsp3) is 0.455. The van der Waals surface area contributed by atoms with Crippen molar-refractivity contribution in [2.75, 3.05) is 12.3 Å². The Labute approximate surface area is 110 Å². The van der Waals surface area contributed by atoms with Crippen LogP contribution in [-0.4, -0.2) is 32.6 Å². The predicted molar refractivity (Wildman–Crippen MR) is 67.4 cm³/mol. The lowest BCUT2D eigenvalue weighted by Crippen LogP contribution is -2.35. The monoisotopic (exact) mass is 294 g/mol. The second-order valence-corrected chi connectivity index (χ2v) is 5.73. The third-order valence-electron chi connectivity index (χ3n) is 2.58. The van der Waals surface area contributed by atoms with E-state index in [4.69, 9.17) is 10.8 Å². The highest BCUT2D eigenvalue weighted by atomic mass is 32.2. The van der Waals surface area contributed by atoms with E-state index in [9.17, 15) is 17.2 Å². The number of hydrogen-bond donors (Lipinski definition) is 3. The van der Waals surface area contributed by atoms with Crippen molar-refractivity contribution in [1.82, 2.24) is 4.72 Å². The van der Waals surface area contributed by atoms with E-state index in [0.717, 1.165) is 5.56 Å². The molecule has 0 heterocycles. The molecule has 108 valence electrons. The molecule has 0 saturated heterocycles. The molecule has 0 saturated carbocycles. The minimum atomic E-state index is -3.96. The fourth-order valence-corrected chi connectivity index (χ4v) is 2.52. The number of benzene rings is 1. The summed E-state index contributed by atoms with van der Waals surface area (Å²) in [5.74, 6) is 0. The zero-order chi connectivity index (χ0) is 14.6. The number of aryl methyl sites for hydroxylation is 1. The van der Waals surface area contributed by atoms with Gasteiger partial charge in [0.25, 0.3) is 6.43 Å². The van der Waals surface area contributed by atoms with E-state index in [-0.39, 0.29) is 4.90 Å². The molecular formula is C11H16F2N2O3S. The molecule has 1 aromatic rings. The van der Waals surface area contributed by atoms with Crippen molar-refractivity contribution in [3.8, 4) is 0 Å². The highest BCUT2D eigenvalue weighted by molar-refractivity contribution is 7.89. The van der Waals surface area contributed by atoms with Crippen LogP contribution < -0.4 is 10.5 Å². The highest BCUT2D eigenvalue weighted by Gasteiger charge is 2.21. The second kappa shape index (κ2) is 6.27. The number of alkyl halides is 2. The van der Waals surface area contributed by atoms with Crippen molar-refractivity contribution in [2.45, 2.75) is 30.8 Å². The van der Waals surface area contributed by atoms with Crippen molar-refractivity contribution in [3.05, 3.63) is 23.8 Å². The van der Waals surface area contributed by atoms with Gasteiger partial charge in [-0.05, 0) is 24.1 Å². The number of nitrogens with one attached hydrogen (secondary N) is 1. The Hall–Kier alpha value is -1.25. The quantitative estimate of drug-likeness (QED) is 0.675. The van der Waals surface area contributed by atoms with Crippen molar-refractivity contribution in [2.24, 2.45) is 0 Å². The van der Waals surface area contributed by atoms with Gasteiger partial charge < -0.3 is 10.8 Å². The number of anilines is 1. The van der Waals surface area contributed by atoms with Crippen molar-refractivity contribution in [1.29, 1.82) is 0 Å². The summed E-state index contributed by atoms with van der Waals surface area (Å²) in [4.78, 5) is -0.122. The summed E-state index contributed by atoms with van der Waals surface area (Å²) < 4.78 is 49.6. The molecule has 0 aliphatic carbocycles. The zero-order valence-electron chi connectivity index (χ0n) is 10.3. The van der Waals surface area contributed by atoms with Crippen molar-refractivity contribution < 1.29 is 22.3 Å². The Kier molecular flexibility index (Phi) is 5.21. The van der Waals surface area contributed by atoms with E-state index in [1.165, 1.54) is 12.1 Å². The first kappa shape index (κ1) is 15.8. The van der Waals surface area contributed by atoms with Crippen LogP contribution in [-0.2, 0) is 16.4 Å². The fourth-order valence-electron chi connectivity index (χ4n) is 1.43. The van der Waals surface area contributed by atoms with Crippen molar-refractivity contribution >= 4 is 15.7 Å². The summed E-state index contributed by atoms with van der Waals surface area (Å²) in [6.07, 6.45) is -4.39. The largest absolute Gasteiger partial charge is 0.398 e. The third kappa shape index (κ3) is 4.12. The third-order valence-corrected chi connectivity index (χ3v) is 4.00. The van der Waals surface area contributed by atoms with Crippen LogP contribution in [0.5, 0.6) is 0 Å². The molecule has 1 aromatic carbocycles. The van der Waals surface area contributed by atoms with Gasteiger partial charge in [0, 0.05) is 12.2 Å². The number of rotatable bonds is 6. The van der Waals surface area contributed by atoms with Crippen LogP contribution in [0.25, 0.3) is 0 Å². The van der Waals surface area contributed by atoms with Gasteiger partial charge in [-0.2, -0.15) is 0 Å². The first-order chi connectivity index (χ1) is 8.77. The van der Waals surface area contributed by atoms with Gasteiger partial charge in [-0.25, -0.2) is 21.9 Å². The van der Waals surface area contributed by atoms with Gasteiger partial charge in [0.1, 0.15) is 6.10 Å². The summed E-state index contributed by atoms with van der Waals surface area (Å²) in [5.41, 5.74) is 6.79. The maximum atomic E-state index is 12.1. The molecule has 19 heavy (non-hydrogen) atoms. The number of halogens is 2. The summed E-state index contributed by atoms with van der Waals surface area (Å²) >= 11 is 0. The van der Waals surface area contributed by atoms with Gasteiger partial charge in [0.2, 0.25) is 10.0 Å². The van der Waals surface area contributed by atoms with Crippen molar-refractivity contribution in [3.63, 3.8) is 0 Å². The molecule has 1 unspecified atom stereocenters.